The first-order chi connectivity index (χ1) is 12.6. The van der Waals surface area contributed by atoms with Gasteiger partial charge in [0.2, 0.25) is 5.91 Å². The molecular weight excluding hydrogens is 334 g/mol. The molecule has 1 amide bonds. The zero-order valence-electron chi connectivity index (χ0n) is 16.6. The fourth-order valence-electron chi connectivity index (χ4n) is 2.38. The summed E-state index contributed by atoms with van der Waals surface area (Å²) < 4.78 is 10.6. The highest BCUT2D eigenvalue weighted by molar-refractivity contribution is 5.77. The molecule has 0 heterocycles. The molecule has 0 radical (unpaired) electrons. The Balaban J connectivity index is 3.22. The summed E-state index contributed by atoms with van der Waals surface area (Å²) in [5.41, 5.74) is 0. The molecular formula is C20H37NO5. The van der Waals surface area contributed by atoms with Crippen molar-refractivity contribution in [3.05, 3.63) is 0 Å². The Kier molecular flexibility index (Phi) is 17.6. The van der Waals surface area contributed by atoms with E-state index in [9.17, 15) is 14.4 Å². The standard InChI is InChI=1S/C20H37NO5/c1-3-19(23)10-8-6-4-5-7-9-11-20(24)21-13-15-26-17-16-25-14-12-18(2)22/h3-17H2,1-2H3,(H,21,24). The van der Waals surface area contributed by atoms with Crippen LogP contribution in [0.4, 0.5) is 0 Å². The predicted molar refractivity (Wildman–Crippen MR) is 102 cm³/mol. The van der Waals surface area contributed by atoms with E-state index < -0.39 is 0 Å². The van der Waals surface area contributed by atoms with Crippen molar-refractivity contribution in [2.24, 2.45) is 0 Å². The maximum absolute atomic E-state index is 11.7. The molecule has 0 aliphatic heterocycles. The van der Waals surface area contributed by atoms with Gasteiger partial charge in [-0.15, -0.1) is 0 Å². The molecule has 6 heteroatoms. The predicted octanol–water partition coefficient (Wildman–Crippen LogP) is 3.21. The largest absolute Gasteiger partial charge is 0.379 e. The van der Waals surface area contributed by atoms with Crippen LogP contribution in [0.5, 0.6) is 0 Å². The molecule has 0 saturated heterocycles. The molecule has 0 fully saturated rings. The lowest BCUT2D eigenvalue weighted by Crippen LogP contribution is -2.27. The third kappa shape index (κ3) is 19.1. The minimum atomic E-state index is 0.0693. The fraction of sp³-hybridized carbons (Fsp3) is 0.850. The molecule has 0 atom stereocenters. The van der Waals surface area contributed by atoms with Crippen LogP contribution in [0.25, 0.3) is 0 Å². The summed E-state index contributed by atoms with van der Waals surface area (Å²) in [6, 6.07) is 0. The number of Topliss-reactive ketones (excluding diaryl/α,β-unsaturated/α-hetero) is 2. The van der Waals surface area contributed by atoms with E-state index in [-0.39, 0.29) is 11.7 Å². The van der Waals surface area contributed by atoms with Crippen molar-refractivity contribution >= 4 is 17.5 Å². The van der Waals surface area contributed by atoms with Crippen molar-refractivity contribution in [1.82, 2.24) is 5.32 Å². The first kappa shape index (κ1) is 24.7. The van der Waals surface area contributed by atoms with E-state index in [0.717, 1.165) is 38.5 Å². The highest BCUT2D eigenvalue weighted by atomic mass is 16.5. The molecule has 0 aliphatic rings. The van der Waals surface area contributed by atoms with E-state index in [0.29, 0.717) is 64.4 Å². The summed E-state index contributed by atoms with van der Waals surface area (Å²) in [5, 5.41) is 2.84. The van der Waals surface area contributed by atoms with Crippen molar-refractivity contribution in [3.63, 3.8) is 0 Å². The number of hydrogen-bond donors (Lipinski definition) is 1. The fourth-order valence-corrected chi connectivity index (χ4v) is 2.38. The third-order valence-electron chi connectivity index (χ3n) is 4.04. The normalized spacial score (nSPS) is 10.7. The van der Waals surface area contributed by atoms with Crippen LogP contribution in [0.2, 0.25) is 0 Å². The maximum atomic E-state index is 11.7. The summed E-state index contributed by atoms with van der Waals surface area (Å²) in [6.45, 7) is 5.81. The number of carbonyl (C=O) groups is 3. The van der Waals surface area contributed by atoms with Gasteiger partial charge in [-0.2, -0.15) is 0 Å². The van der Waals surface area contributed by atoms with Crippen LogP contribution in [0.15, 0.2) is 0 Å². The number of unbranched alkanes of at least 4 members (excludes halogenated alkanes) is 5. The van der Waals surface area contributed by atoms with Crippen molar-refractivity contribution < 1.29 is 23.9 Å². The van der Waals surface area contributed by atoms with Crippen LogP contribution in [0.3, 0.4) is 0 Å². The number of carbonyl (C=O) groups excluding carboxylic acids is 3. The first-order valence-electron chi connectivity index (χ1n) is 9.99. The summed E-state index contributed by atoms with van der Waals surface area (Å²) in [4.78, 5) is 33.5. The minimum absolute atomic E-state index is 0.0693. The highest BCUT2D eigenvalue weighted by Crippen LogP contribution is 2.09. The number of hydrogen-bond acceptors (Lipinski definition) is 5. The van der Waals surface area contributed by atoms with Gasteiger partial charge < -0.3 is 14.8 Å². The monoisotopic (exact) mass is 371 g/mol. The van der Waals surface area contributed by atoms with Gasteiger partial charge in [0.15, 0.2) is 0 Å². The van der Waals surface area contributed by atoms with Crippen molar-refractivity contribution in [1.29, 1.82) is 0 Å². The second-order valence-electron chi connectivity index (χ2n) is 6.54. The highest BCUT2D eigenvalue weighted by Gasteiger charge is 2.01. The molecule has 0 rings (SSSR count). The number of amides is 1. The van der Waals surface area contributed by atoms with E-state index in [1.165, 1.54) is 0 Å². The number of nitrogens with one attached hydrogen (secondary N) is 1. The van der Waals surface area contributed by atoms with E-state index >= 15 is 0 Å². The quantitative estimate of drug-likeness (QED) is 0.353. The molecule has 6 nitrogen and oxygen atoms in total. The van der Waals surface area contributed by atoms with Gasteiger partial charge in [0.1, 0.15) is 11.6 Å². The zero-order chi connectivity index (χ0) is 19.5. The van der Waals surface area contributed by atoms with Crippen LogP contribution in [0, 0.1) is 0 Å². The average molecular weight is 372 g/mol. The second kappa shape index (κ2) is 18.5. The molecule has 0 aromatic heterocycles. The Hall–Kier alpha value is -1.27. The van der Waals surface area contributed by atoms with Crippen LogP contribution in [-0.2, 0) is 23.9 Å². The van der Waals surface area contributed by atoms with Gasteiger partial charge in [-0.25, -0.2) is 0 Å². The molecule has 26 heavy (non-hydrogen) atoms. The van der Waals surface area contributed by atoms with Gasteiger partial charge in [-0.3, -0.25) is 14.4 Å². The lowest BCUT2D eigenvalue weighted by atomic mass is 10.1. The molecule has 0 aliphatic carbocycles. The molecule has 0 unspecified atom stereocenters. The number of ether oxygens (including phenoxy) is 2. The van der Waals surface area contributed by atoms with E-state index in [4.69, 9.17) is 9.47 Å². The SMILES string of the molecule is CCC(=O)CCCCCCCCC(=O)NCCOCCOCCC(C)=O. The Labute approximate surface area is 158 Å². The van der Waals surface area contributed by atoms with Gasteiger partial charge in [0.05, 0.1) is 26.4 Å². The average Bonchev–Trinajstić information content (AvgIpc) is 2.61. The Morgan fingerprint density at radius 3 is 1.92 bits per heavy atom. The van der Waals surface area contributed by atoms with Crippen LogP contribution >= 0.6 is 0 Å². The third-order valence-corrected chi connectivity index (χ3v) is 4.04. The number of rotatable bonds is 19. The van der Waals surface area contributed by atoms with Gasteiger partial charge in [0.25, 0.3) is 0 Å². The lowest BCUT2D eigenvalue weighted by Gasteiger charge is -2.07. The summed E-state index contributed by atoms with van der Waals surface area (Å²) in [5.74, 6) is 0.545. The van der Waals surface area contributed by atoms with Crippen LogP contribution in [0.1, 0.15) is 78.1 Å². The molecule has 0 aromatic carbocycles. The van der Waals surface area contributed by atoms with Crippen molar-refractivity contribution in [2.45, 2.75) is 78.1 Å². The molecule has 0 aromatic rings. The Bertz CT molecular complexity index is 384. The molecule has 152 valence electrons. The van der Waals surface area contributed by atoms with Gasteiger partial charge in [0, 0.05) is 32.2 Å². The van der Waals surface area contributed by atoms with E-state index in [1.54, 1.807) is 6.92 Å². The first-order valence-corrected chi connectivity index (χ1v) is 9.99. The summed E-state index contributed by atoms with van der Waals surface area (Å²) in [7, 11) is 0. The minimum Gasteiger partial charge on any atom is -0.379 e. The topological polar surface area (TPSA) is 81.7 Å². The molecule has 0 bridgehead atoms. The van der Waals surface area contributed by atoms with Crippen molar-refractivity contribution in [3.8, 4) is 0 Å². The summed E-state index contributed by atoms with van der Waals surface area (Å²) >= 11 is 0. The number of ketones is 2. The smallest absolute Gasteiger partial charge is 0.220 e. The van der Waals surface area contributed by atoms with Crippen LogP contribution in [-0.4, -0.2) is 50.4 Å². The van der Waals surface area contributed by atoms with Gasteiger partial charge in [-0.05, 0) is 19.8 Å². The maximum Gasteiger partial charge on any atom is 0.220 e. The van der Waals surface area contributed by atoms with E-state index in [2.05, 4.69) is 5.32 Å². The van der Waals surface area contributed by atoms with Crippen LogP contribution < -0.4 is 5.32 Å². The van der Waals surface area contributed by atoms with Crippen molar-refractivity contribution in [2.75, 3.05) is 33.0 Å². The Morgan fingerprint density at radius 1 is 0.731 bits per heavy atom. The Morgan fingerprint density at radius 2 is 1.31 bits per heavy atom. The molecule has 1 N–H and O–H groups in total. The lowest BCUT2D eigenvalue weighted by molar-refractivity contribution is -0.121. The summed E-state index contributed by atoms with van der Waals surface area (Å²) in [6.07, 6.45) is 8.69. The molecule has 0 saturated carbocycles. The van der Waals surface area contributed by atoms with E-state index in [1.807, 2.05) is 6.92 Å². The second-order valence-corrected chi connectivity index (χ2v) is 6.54. The molecule has 0 spiro atoms. The van der Waals surface area contributed by atoms with Gasteiger partial charge >= 0.3 is 0 Å². The van der Waals surface area contributed by atoms with Gasteiger partial charge in [-0.1, -0.05) is 32.6 Å². The zero-order valence-corrected chi connectivity index (χ0v) is 16.6.